The zero-order chi connectivity index (χ0) is 12.9. The highest BCUT2D eigenvalue weighted by atomic mass is 32.1. The van der Waals surface area contributed by atoms with Gasteiger partial charge >= 0.3 is 0 Å². The maximum Gasteiger partial charge on any atom is 0.0769 e. The Morgan fingerprint density at radius 1 is 1.11 bits per heavy atom. The van der Waals surface area contributed by atoms with Gasteiger partial charge in [-0.15, -0.1) is 22.7 Å². The summed E-state index contributed by atoms with van der Waals surface area (Å²) in [6.07, 6.45) is 1.69. The van der Waals surface area contributed by atoms with Crippen molar-refractivity contribution < 1.29 is 0 Å². The summed E-state index contributed by atoms with van der Waals surface area (Å²) in [6, 6.07) is 10.4. The lowest BCUT2D eigenvalue weighted by Gasteiger charge is -2.01. The summed E-state index contributed by atoms with van der Waals surface area (Å²) < 4.78 is 0. The van der Waals surface area contributed by atoms with Gasteiger partial charge in [0.2, 0.25) is 0 Å². The summed E-state index contributed by atoms with van der Waals surface area (Å²) >= 11 is 3.57. The van der Waals surface area contributed by atoms with Gasteiger partial charge in [0.1, 0.15) is 0 Å². The quantitative estimate of drug-likeness (QED) is 0.779. The molecule has 0 aliphatic heterocycles. The molecule has 0 saturated heterocycles. The molecule has 0 radical (unpaired) electrons. The summed E-state index contributed by atoms with van der Waals surface area (Å²) in [5, 5.41) is 15.6. The smallest absolute Gasteiger partial charge is 0.0769 e. The Hall–Kier alpha value is -1.56. The van der Waals surface area contributed by atoms with E-state index < -0.39 is 0 Å². The van der Waals surface area contributed by atoms with Crippen LogP contribution in [0.15, 0.2) is 47.3 Å². The van der Waals surface area contributed by atoms with E-state index in [0.29, 0.717) is 0 Å². The van der Waals surface area contributed by atoms with E-state index in [0.717, 1.165) is 18.8 Å². The van der Waals surface area contributed by atoms with Crippen LogP contribution in [0.2, 0.25) is 0 Å². The van der Waals surface area contributed by atoms with Gasteiger partial charge in [0.25, 0.3) is 0 Å². The lowest BCUT2D eigenvalue weighted by Crippen LogP contribution is -2.13. The molecular formula is C14H13N3S2. The van der Waals surface area contributed by atoms with Gasteiger partial charge in [-0.25, -0.2) is 0 Å². The number of rotatable bonds is 5. The predicted octanol–water partition coefficient (Wildman–Crippen LogP) is 3.56. The van der Waals surface area contributed by atoms with E-state index >= 15 is 0 Å². The largest absolute Gasteiger partial charge is 0.306 e. The maximum atomic E-state index is 4.05. The summed E-state index contributed by atoms with van der Waals surface area (Å²) in [5.41, 5.74) is 2.29. The number of hydrogen-bond donors (Lipinski definition) is 1. The van der Waals surface area contributed by atoms with Crippen molar-refractivity contribution in [2.24, 2.45) is 0 Å². The summed E-state index contributed by atoms with van der Waals surface area (Å²) in [4.78, 5) is 2.67. The van der Waals surface area contributed by atoms with E-state index in [1.165, 1.54) is 15.3 Å². The highest BCUT2D eigenvalue weighted by Crippen LogP contribution is 2.29. The minimum Gasteiger partial charge on any atom is -0.306 e. The molecule has 0 fully saturated rings. The monoisotopic (exact) mass is 287 g/mol. The van der Waals surface area contributed by atoms with Crippen LogP contribution in [0.3, 0.4) is 0 Å². The molecule has 0 aromatic carbocycles. The van der Waals surface area contributed by atoms with E-state index in [9.17, 15) is 0 Å². The third kappa shape index (κ3) is 3.26. The van der Waals surface area contributed by atoms with Crippen LogP contribution < -0.4 is 5.32 Å². The van der Waals surface area contributed by atoms with Crippen LogP contribution in [0, 0.1) is 0 Å². The van der Waals surface area contributed by atoms with Gasteiger partial charge in [-0.05, 0) is 35.0 Å². The molecule has 0 aliphatic rings. The molecule has 3 rings (SSSR count). The van der Waals surface area contributed by atoms with Crippen LogP contribution >= 0.6 is 22.7 Å². The number of nitrogens with zero attached hydrogens (tertiary/aromatic N) is 2. The molecule has 3 nitrogen and oxygen atoms in total. The van der Waals surface area contributed by atoms with Crippen molar-refractivity contribution in [2.75, 3.05) is 0 Å². The van der Waals surface area contributed by atoms with Crippen molar-refractivity contribution >= 4 is 22.7 Å². The standard InChI is InChI=1S/C14H13N3S2/c1-3-12(17-16-5-1)8-15-9-13-7-11(10-19-13)14-4-2-6-18-14/h1-7,10,15H,8-9H2. The van der Waals surface area contributed by atoms with Crippen molar-refractivity contribution in [3.63, 3.8) is 0 Å². The molecule has 3 aromatic heterocycles. The molecule has 0 saturated carbocycles. The number of hydrogen-bond acceptors (Lipinski definition) is 5. The van der Waals surface area contributed by atoms with Gasteiger partial charge < -0.3 is 5.32 Å². The Labute approximate surface area is 120 Å². The van der Waals surface area contributed by atoms with Gasteiger partial charge in [-0.1, -0.05) is 6.07 Å². The third-order valence-corrected chi connectivity index (χ3v) is 4.55. The predicted molar refractivity (Wildman–Crippen MR) is 80.2 cm³/mol. The second kappa shape index (κ2) is 6.06. The van der Waals surface area contributed by atoms with Crippen molar-refractivity contribution in [1.29, 1.82) is 0 Å². The van der Waals surface area contributed by atoms with E-state index in [-0.39, 0.29) is 0 Å². The first-order chi connectivity index (χ1) is 9.42. The first-order valence-corrected chi connectivity index (χ1v) is 7.76. The van der Waals surface area contributed by atoms with E-state index in [2.05, 4.69) is 44.5 Å². The van der Waals surface area contributed by atoms with Crippen molar-refractivity contribution in [3.8, 4) is 10.4 Å². The van der Waals surface area contributed by atoms with Crippen LogP contribution in [-0.4, -0.2) is 10.2 Å². The summed E-state index contributed by atoms with van der Waals surface area (Å²) in [6.45, 7) is 1.62. The third-order valence-electron chi connectivity index (χ3n) is 2.69. The topological polar surface area (TPSA) is 37.8 Å². The Morgan fingerprint density at radius 2 is 2.11 bits per heavy atom. The molecule has 0 unspecified atom stereocenters. The molecule has 5 heteroatoms. The van der Waals surface area contributed by atoms with Crippen LogP contribution in [0.5, 0.6) is 0 Å². The van der Waals surface area contributed by atoms with Gasteiger partial charge in [0.05, 0.1) is 5.69 Å². The van der Waals surface area contributed by atoms with E-state index in [4.69, 9.17) is 0 Å². The molecule has 96 valence electrons. The van der Waals surface area contributed by atoms with E-state index in [1.807, 2.05) is 12.1 Å². The molecule has 19 heavy (non-hydrogen) atoms. The van der Waals surface area contributed by atoms with Crippen LogP contribution in [0.4, 0.5) is 0 Å². The highest BCUT2D eigenvalue weighted by Gasteiger charge is 2.03. The van der Waals surface area contributed by atoms with Gasteiger partial charge in [-0.3, -0.25) is 0 Å². The summed E-state index contributed by atoms with van der Waals surface area (Å²) in [7, 11) is 0. The average molecular weight is 287 g/mol. The van der Waals surface area contributed by atoms with Crippen LogP contribution in [0.25, 0.3) is 10.4 Å². The van der Waals surface area contributed by atoms with Crippen LogP contribution in [-0.2, 0) is 13.1 Å². The molecule has 0 bridgehead atoms. The zero-order valence-electron chi connectivity index (χ0n) is 10.2. The molecular weight excluding hydrogens is 274 g/mol. The first kappa shape index (κ1) is 12.5. The molecule has 0 spiro atoms. The fourth-order valence-electron chi connectivity index (χ4n) is 1.79. The molecule has 1 N–H and O–H groups in total. The number of thiophene rings is 2. The van der Waals surface area contributed by atoms with E-state index in [1.54, 1.807) is 28.9 Å². The van der Waals surface area contributed by atoms with Crippen molar-refractivity contribution in [3.05, 3.63) is 57.9 Å². The Balaban J connectivity index is 1.56. The lowest BCUT2D eigenvalue weighted by atomic mass is 10.2. The van der Waals surface area contributed by atoms with Gasteiger partial charge in [0.15, 0.2) is 0 Å². The molecule has 0 amide bonds. The second-order valence-electron chi connectivity index (χ2n) is 4.10. The Morgan fingerprint density at radius 3 is 2.89 bits per heavy atom. The average Bonchev–Trinajstić information content (AvgIpc) is 3.10. The Kier molecular flexibility index (Phi) is 3.98. The molecule has 0 atom stereocenters. The number of aromatic nitrogens is 2. The Bertz CT molecular complexity index is 617. The van der Waals surface area contributed by atoms with Crippen LogP contribution in [0.1, 0.15) is 10.6 Å². The molecule has 3 heterocycles. The number of nitrogens with one attached hydrogen (secondary N) is 1. The minimum absolute atomic E-state index is 0.750. The molecule has 0 aliphatic carbocycles. The van der Waals surface area contributed by atoms with Crippen molar-refractivity contribution in [1.82, 2.24) is 15.5 Å². The van der Waals surface area contributed by atoms with Gasteiger partial charge in [0, 0.05) is 34.6 Å². The zero-order valence-corrected chi connectivity index (χ0v) is 11.9. The maximum absolute atomic E-state index is 4.05. The SMILES string of the molecule is c1cnnc(CNCc2cc(-c3cccs3)cs2)c1. The fraction of sp³-hybridized carbons (Fsp3) is 0.143. The summed E-state index contributed by atoms with van der Waals surface area (Å²) in [5.74, 6) is 0. The molecule has 3 aromatic rings. The highest BCUT2D eigenvalue weighted by molar-refractivity contribution is 7.14. The lowest BCUT2D eigenvalue weighted by molar-refractivity contribution is 0.676. The second-order valence-corrected chi connectivity index (χ2v) is 6.04. The minimum atomic E-state index is 0.750. The van der Waals surface area contributed by atoms with Gasteiger partial charge in [-0.2, -0.15) is 10.2 Å². The normalized spacial score (nSPS) is 10.7. The fourth-order valence-corrected chi connectivity index (χ4v) is 3.43. The first-order valence-electron chi connectivity index (χ1n) is 6.00. The van der Waals surface area contributed by atoms with Crippen molar-refractivity contribution in [2.45, 2.75) is 13.1 Å².